The minimum Gasteiger partial charge on any atom is -0.372 e. The molecular formula is C45H50F2N10O4S. The number of pyridine rings is 2. The molecule has 9 rings (SSSR count). The Morgan fingerprint density at radius 3 is 2.24 bits per heavy atom. The molecule has 0 aliphatic carbocycles. The van der Waals surface area contributed by atoms with Crippen molar-refractivity contribution in [3.63, 3.8) is 0 Å². The zero-order valence-electron chi connectivity index (χ0n) is 34.6. The highest BCUT2D eigenvalue weighted by Gasteiger charge is 2.33. The van der Waals surface area contributed by atoms with E-state index in [1.807, 2.05) is 30.5 Å². The number of benzene rings is 2. The molecule has 4 aliphatic heterocycles. The second kappa shape index (κ2) is 17.5. The van der Waals surface area contributed by atoms with E-state index in [-0.39, 0.29) is 48.5 Å². The van der Waals surface area contributed by atoms with Crippen LogP contribution in [0, 0.1) is 18.7 Å². The molecule has 324 valence electrons. The van der Waals surface area contributed by atoms with Crippen molar-refractivity contribution in [2.24, 2.45) is 5.92 Å². The van der Waals surface area contributed by atoms with Crippen LogP contribution in [0.2, 0.25) is 0 Å². The molecule has 2 atom stereocenters. The van der Waals surface area contributed by atoms with Gasteiger partial charge in [0.2, 0.25) is 11.8 Å². The molecule has 4 fully saturated rings. The van der Waals surface area contributed by atoms with Crippen LogP contribution < -0.4 is 19.8 Å². The summed E-state index contributed by atoms with van der Waals surface area (Å²) in [6, 6.07) is 18.8. The first-order valence-corrected chi connectivity index (χ1v) is 22.8. The summed E-state index contributed by atoms with van der Waals surface area (Å²) in [5.41, 5.74) is 5.30. The Morgan fingerprint density at radius 1 is 0.839 bits per heavy atom. The van der Waals surface area contributed by atoms with Crippen LogP contribution in [0.4, 0.5) is 25.8 Å². The molecule has 4 aliphatic rings. The van der Waals surface area contributed by atoms with Gasteiger partial charge in [-0.25, -0.2) is 18.4 Å². The third kappa shape index (κ3) is 8.92. The maximum Gasteiger partial charge on any atom is 0.301 e. The fourth-order valence-corrected chi connectivity index (χ4v) is 10.4. The van der Waals surface area contributed by atoms with Gasteiger partial charge in [-0.1, -0.05) is 12.1 Å². The average molecular weight is 865 g/mol. The van der Waals surface area contributed by atoms with Gasteiger partial charge in [-0.15, -0.1) is 0 Å². The Balaban J connectivity index is 0.825. The number of nitrogens with zero attached hydrogens (tertiary/aromatic N) is 8. The molecule has 0 unspecified atom stereocenters. The summed E-state index contributed by atoms with van der Waals surface area (Å²) in [5, 5.41) is 7.31. The summed E-state index contributed by atoms with van der Waals surface area (Å²) >= 11 is 0. The summed E-state index contributed by atoms with van der Waals surface area (Å²) < 4.78 is 61.5. The minimum atomic E-state index is -4.18. The summed E-state index contributed by atoms with van der Waals surface area (Å²) in [4.78, 5) is 40.1. The summed E-state index contributed by atoms with van der Waals surface area (Å²) in [5.74, 6) is -0.273. The monoisotopic (exact) mass is 864 g/mol. The first-order chi connectivity index (χ1) is 30.0. The fourth-order valence-electron chi connectivity index (χ4n) is 9.12. The zero-order valence-corrected chi connectivity index (χ0v) is 35.4. The first kappa shape index (κ1) is 41.6. The SMILES string of the molecule is Cc1cc(NS(=O)(=O)N2CC[C@@H](F)C2)c(F)c(-c2cn(-c3ccc(N4CCN(CC5CCN(c6ccc([C@H]7CCC(=O)NC7=O)cc6)CC5)CC4)cn3)nc2-c2ccncc2)c1. The maximum atomic E-state index is 16.4. The first-order valence-electron chi connectivity index (χ1n) is 21.3. The molecule has 2 amide bonds. The van der Waals surface area contributed by atoms with E-state index in [0.29, 0.717) is 47.0 Å². The second-order valence-corrected chi connectivity index (χ2v) is 18.5. The number of aryl methyl sites for hydroxylation is 1. The number of alkyl halides is 1. The highest BCUT2D eigenvalue weighted by Crippen LogP contribution is 2.37. The number of nitrogens with one attached hydrogen (secondary N) is 2. The number of piperazine rings is 1. The molecule has 2 N–H and O–H groups in total. The number of piperidine rings is 2. The molecule has 7 heterocycles. The van der Waals surface area contributed by atoms with Crippen LogP contribution in [-0.4, -0.2) is 114 Å². The molecule has 0 spiro atoms. The van der Waals surface area contributed by atoms with Crippen molar-refractivity contribution in [2.75, 3.05) is 73.4 Å². The van der Waals surface area contributed by atoms with Gasteiger partial charge in [-0.3, -0.25) is 29.5 Å². The van der Waals surface area contributed by atoms with E-state index >= 15 is 4.39 Å². The Bertz CT molecular complexity index is 2530. The quantitative estimate of drug-likeness (QED) is 0.159. The van der Waals surface area contributed by atoms with Crippen LogP contribution >= 0.6 is 0 Å². The van der Waals surface area contributed by atoms with Crippen molar-refractivity contribution in [3.05, 3.63) is 102 Å². The number of carbonyl (C=O) groups excluding carboxylic acids is 2. The van der Waals surface area contributed by atoms with Gasteiger partial charge in [0.1, 0.15) is 11.9 Å². The number of rotatable bonds is 11. The molecule has 14 nitrogen and oxygen atoms in total. The van der Waals surface area contributed by atoms with Crippen molar-refractivity contribution in [1.82, 2.24) is 34.3 Å². The Labute approximate surface area is 360 Å². The van der Waals surface area contributed by atoms with E-state index in [4.69, 9.17) is 10.1 Å². The van der Waals surface area contributed by atoms with Crippen molar-refractivity contribution >= 4 is 39.1 Å². The normalized spacial score (nSPS) is 20.8. The number of amides is 2. The minimum absolute atomic E-state index is 0.0226. The fraction of sp³-hybridized carbons (Fsp3) is 0.400. The van der Waals surface area contributed by atoms with Crippen molar-refractivity contribution in [2.45, 2.75) is 51.1 Å². The average Bonchev–Trinajstić information content (AvgIpc) is 3.94. The van der Waals surface area contributed by atoms with Gasteiger partial charge in [-0.05, 0) is 98.2 Å². The number of imide groups is 1. The third-order valence-electron chi connectivity index (χ3n) is 12.6. The lowest BCUT2D eigenvalue weighted by molar-refractivity contribution is -0.134. The predicted molar refractivity (Wildman–Crippen MR) is 234 cm³/mol. The van der Waals surface area contributed by atoms with Crippen molar-refractivity contribution in [3.8, 4) is 28.2 Å². The number of hydrogen-bond acceptors (Lipinski definition) is 10. The van der Waals surface area contributed by atoms with Crippen LogP contribution in [0.3, 0.4) is 0 Å². The highest BCUT2D eigenvalue weighted by atomic mass is 32.2. The standard InChI is InChI=1S/C45H50F2N10O4S/c1-30-24-38(43(47)40(25-30)52-62(60,61)56-19-14-34(46)28-56)39-29-57(51-44(39)33-10-15-48-16-11-33)41-8-6-36(26-49-41)55-22-20-53(21-23-55)27-31-12-17-54(18-13-31)35-4-2-32(3-5-35)37-7-9-42(58)50-45(37)59/h2-6,8,10-11,15-16,24-26,29,31,34,37,52H,7,9,12-14,17-23,27-28H2,1H3,(H,50,58,59)/t34-,37-/m1/s1. The smallest absolute Gasteiger partial charge is 0.301 e. The van der Waals surface area contributed by atoms with Gasteiger partial charge in [0.05, 0.1) is 23.5 Å². The van der Waals surface area contributed by atoms with Crippen LogP contribution in [0.25, 0.3) is 28.2 Å². The van der Waals surface area contributed by atoms with Gasteiger partial charge in [0.25, 0.3) is 0 Å². The van der Waals surface area contributed by atoms with E-state index in [2.05, 4.69) is 41.9 Å². The number of halogens is 2. The van der Waals surface area contributed by atoms with E-state index < -0.39 is 22.2 Å². The van der Waals surface area contributed by atoms with Gasteiger partial charge in [0, 0.05) is 106 Å². The number of aromatic nitrogens is 4. The molecule has 5 aromatic rings. The summed E-state index contributed by atoms with van der Waals surface area (Å²) in [6.45, 7) is 8.23. The molecule has 3 aromatic heterocycles. The molecule has 4 saturated heterocycles. The number of carbonyl (C=O) groups is 2. The zero-order chi connectivity index (χ0) is 43.0. The van der Waals surface area contributed by atoms with Gasteiger partial charge >= 0.3 is 10.2 Å². The Hall–Kier alpha value is -5.78. The Morgan fingerprint density at radius 2 is 1.56 bits per heavy atom. The van der Waals surface area contributed by atoms with Gasteiger partial charge in [-0.2, -0.15) is 17.8 Å². The van der Waals surface area contributed by atoms with E-state index in [9.17, 15) is 22.4 Å². The molecule has 17 heteroatoms. The molecule has 0 saturated carbocycles. The van der Waals surface area contributed by atoms with Gasteiger partial charge in [0.15, 0.2) is 11.6 Å². The van der Waals surface area contributed by atoms with Crippen LogP contribution in [0.5, 0.6) is 0 Å². The lowest BCUT2D eigenvalue weighted by Crippen LogP contribution is -2.49. The molecule has 62 heavy (non-hydrogen) atoms. The van der Waals surface area contributed by atoms with Crippen molar-refractivity contribution in [1.29, 1.82) is 0 Å². The van der Waals surface area contributed by atoms with Crippen LogP contribution in [0.15, 0.2) is 85.5 Å². The van der Waals surface area contributed by atoms with Gasteiger partial charge < -0.3 is 9.80 Å². The number of hydrogen-bond donors (Lipinski definition) is 2. The van der Waals surface area contributed by atoms with E-state index in [1.165, 1.54) is 11.8 Å². The van der Waals surface area contributed by atoms with Crippen molar-refractivity contribution < 1.29 is 26.8 Å². The second-order valence-electron chi connectivity index (χ2n) is 16.8. The molecule has 2 aromatic carbocycles. The van der Waals surface area contributed by atoms with Crippen LogP contribution in [-0.2, 0) is 19.8 Å². The lowest BCUT2D eigenvalue weighted by Gasteiger charge is -2.40. The molecular weight excluding hydrogens is 815 g/mol. The summed E-state index contributed by atoms with van der Waals surface area (Å²) in [6.07, 6.45) is 8.81. The molecule has 0 bridgehead atoms. The maximum absolute atomic E-state index is 16.4. The third-order valence-corrected chi connectivity index (χ3v) is 14.1. The van der Waals surface area contributed by atoms with E-state index in [1.54, 1.807) is 48.4 Å². The Kier molecular flexibility index (Phi) is 11.8. The lowest BCUT2D eigenvalue weighted by atomic mass is 9.90. The topological polar surface area (TPSA) is 149 Å². The van der Waals surface area contributed by atoms with Crippen LogP contribution in [0.1, 0.15) is 49.1 Å². The number of anilines is 3. The predicted octanol–water partition coefficient (Wildman–Crippen LogP) is 5.70. The summed E-state index contributed by atoms with van der Waals surface area (Å²) in [7, 11) is -4.18. The molecule has 0 radical (unpaired) electrons. The largest absolute Gasteiger partial charge is 0.372 e. The highest BCUT2D eigenvalue weighted by molar-refractivity contribution is 7.90. The van der Waals surface area contributed by atoms with E-state index in [0.717, 1.165) is 74.2 Å².